The molecule has 1 aliphatic heterocycles. The van der Waals surface area contributed by atoms with Crippen molar-refractivity contribution in [2.45, 2.75) is 19.4 Å². The Morgan fingerprint density at radius 2 is 2.32 bits per heavy atom. The first-order valence-corrected chi connectivity index (χ1v) is 8.29. The summed E-state index contributed by atoms with van der Waals surface area (Å²) in [5.74, 6) is 0.266. The van der Waals surface area contributed by atoms with Gasteiger partial charge in [0.1, 0.15) is 5.69 Å². The Morgan fingerprint density at radius 1 is 1.52 bits per heavy atom. The summed E-state index contributed by atoms with van der Waals surface area (Å²) in [7, 11) is 0. The predicted octanol–water partition coefficient (Wildman–Crippen LogP) is 1.67. The number of pyridine rings is 1. The topological polar surface area (TPSA) is 91.0 Å². The van der Waals surface area contributed by atoms with Crippen LogP contribution in [0.2, 0.25) is 0 Å². The van der Waals surface area contributed by atoms with E-state index in [0.29, 0.717) is 30.4 Å². The highest BCUT2D eigenvalue weighted by Gasteiger charge is 2.34. The van der Waals surface area contributed by atoms with Gasteiger partial charge in [0.05, 0.1) is 11.9 Å². The van der Waals surface area contributed by atoms with Crippen LogP contribution in [0.1, 0.15) is 13.3 Å². The number of anilines is 1. The molecule has 130 valence electrons. The van der Waals surface area contributed by atoms with E-state index in [-0.39, 0.29) is 17.5 Å². The van der Waals surface area contributed by atoms with Crippen LogP contribution in [0.4, 0.5) is 5.69 Å². The summed E-state index contributed by atoms with van der Waals surface area (Å²) < 4.78 is 0. The number of hydrogen-bond donors (Lipinski definition) is 2. The zero-order chi connectivity index (χ0) is 17.8. The minimum atomic E-state index is -0.176. The zero-order valence-corrected chi connectivity index (χ0v) is 14.1. The van der Waals surface area contributed by atoms with Crippen molar-refractivity contribution in [1.29, 1.82) is 0 Å². The lowest BCUT2D eigenvalue weighted by molar-refractivity contribution is -0.132. The predicted molar refractivity (Wildman–Crippen MR) is 96.1 cm³/mol. The van der Waals surface area contributed by atoms with Crippen LogP contribution >= 0.6 is 0 Å². The van der Waals surface area contributed by atoms with Crippen molar-refractivity contribution in [3.8, 4) is 11.3 Å². The molecule has 7 nitrogen and oxygen atoms in total. The average molecular weight is 339 g/mol. The lowest BCUT2D eigenvalue weighted by Crippen LogP contribution is -2.55. The summed E-state index contributed by atoms with van der Waals surface area (Å²) in [6.45, 7) is 6.93. The minimum absolute atomic E-state index is 0.0476. The van der Waals surface area contributed by atoms with E-state index in [0.717, 1.165) is 12.0 Å². The van der Waals surface area contributed by atoms with Crippen molar-refractivity contribution >= 4 is 11.6 Å². The Kier molecular flexibility index (Phi) is 4.92. The summed E-state index contributed by atoms with van der Waals surface area (Å²) in [6, 6.07) is 1.91. The molecule has 1 atom stereocenters. The molecular weight excluding hydrogens is 318 g/mol. The van der Waals surface area contributed by atoms with Gasteiger partial charge in [-0.05, 0) is 18.6 Å². The summed E-state index contributed by atoms with van der Waals surface area (Å²) in [5.41, 5.74) is 1.82. The molecule has 2 aromatic rings. The number of hydrogen-bond acceptors (Lipinski definition) is 5. The van der Waals surface area contributed by atoms with E-state index in [1.807, 2.05) is 0 Å². The van der Waals surface area contributed by atoms with Crippen molar-refractivity contribution < 1.29 is 4.79 Å². The van der Waals surface area contributed by atoms with Crippen molar-refractivity contribution in [1.82, 2.24) is 19.9 Å². The molecule has 7 heteroatoms. The molecule has 0 aliphatic carbocycles. The number of aromatic amines is 1. The van der Waals surface area contributed by atoms with Crippen LogP contribution < -0.4 is 10.9 Å². The van der Waals surface area contributed by atoms with Gasteiger partial charge < -0.3 is 15.2 Å². The summed E-state index contributed by atoms with van der Waals surface area (Å²) >= 11 is 0. The number of aromatic nitrogens is 3. The van der Waals surface area contributed by atoms with Crippen LogP contribution in [-0.4, -0.2) is 44.9 Å². The Labute approximate surface area is 145 Å². The molecule has 2 aromatic heterocycles. The fourth-order valence-electron chi connectivity index (χ4n) is 3.02. The highest BCUT2D eigenvalue weighted by atomic mass is 16.2. The molecule has 1 amide bonds. The number of amides is 1. The molecule has 2 N–H and O–H groups in total. The third-order valence-corrected chi connectivity index (χ3v) is 4.51. The molecule has 3 heterocycles. The Balaban J connectivity index is 1.74. The fourth-order valence-corrected chi connectivity index (χ4v) is 3.02. The Hall–Kier alpha value is -2.96. The van der Waals surface area contributed by atoms with E-state index in [2.05, 4.69) is 33.8 Å². The second-order valence-electron chi connectivity index (χ2n) is 6.09. The number of carbonyl (C=O) groups excluding carboxylic acids is 1. The third kappa shape index (κ3) is 3.60. The molecule has 1 unspecified atom stereocenters. The van der Waals surface area contributed by atoms with Gasteiger partial charge in [0.2, 0.25) is 5.91 Å². The number of nitrogens with zero attached hydrogens (tertiary/aromatic N) is 3. The molecule has 3 rings (SSSR count). The Morgan fingerprint density at radius 3 is 2.96 bits per heavy atom. The number of H-pyrrole nitrogens is 1. The minimum Gasteiger partial charge on any atom is -0.377 e. The third-order valence-electron chi connectivity index (χ3n) is 4.51. The quantitative estimate of drug-likeness (QED) is 0.781. The molecule has 0 bridgehead atoms. The normalized spacial score (nSPS) is 15.3. The molecule has 0 spiro atoms. The SMILES string of the molecule is C=CC(=O)N1CC(C(CC)Nc2cc(-c3cnccn3)c[nH]c2=O)C1. The van der Waals surface area contributed by atoms with Gasteiger partial charge >= 0.3 is 0 Å². The van der Waals surface area contributed by atoms with Gasteiger partial charge in [-0.1, -0.05) is 13.5 Å². The number of rotatable bonds is 6. The summed E-state index contributed by atoms with van der Waals surface area (Å²) in [5, 5.41) is 3.33. The van der Waals surface area contributed by atoms with Crippen LogP contribution in [0.25, 0.3) is 11.3 Å². The van der Waals surface area contributed by atoms with Gasteiger partial charge in [0, 0.05) is 49.2 Å². The van der Waals surface area contributed by atoms with Crippen molar-refractivity contribution in [2.24, 2.45) is 5.92 Å². The Bertz CT molecular complexity index is 812. The molecule has 1 saturated heterocycles. The first-order valence-electron chi connectivity index (χ1n) is 8.29. The molecule has 0 radical (unpaired) electrons. The van der Waals surface area contributed by atoms with Gasteiger partial charge in [-0.25, -0.2) is 0 Å². The second-order valence-corrected chi connectivity index (χ2v) is 6.09. The maximum Gasteiger partial charge on any atom is 0.271 e. The van der Waals surface area contributed by atoms with E-state index in [1.165, 1.54) is 6.08 Å². The van der Waals surface area contributed by atoms with E-state index in [4.69, 9.17) is 0 Å². The maximum absolute atomic E-state index is 12.2. The smallest absolute Gasteiger partial charge is 0.271 e. The highest BCUT2D eigenvalue weighted by molar-refractivity contribution is 5.87. The second kappa shape index (κ2) is 7.29. The van der Waals surface area contributed by atoms with Gasteiger partial charge in [-0.3, -0.25) is 19.6 Å². The highest BCUT2D eigenvalue weighted by Crippen LogP contribution is 2.24. The van der Waals surface area contributed by atoms with Crippen molar-refractivity contribution in [3.63, 3.8) is 0 Å². The molecule has 25 heavy (non-hydrogen) atoms. The van der Waals surface area contributed by atoms with Gasteiger partial charge in [0.15, 0.2) is 0 Å². The van der Waals surface area contributed by atoms with Crippen molar-refractivity contribution in [2.75, 3.05) is 18.4 Å². The molecule has 0 saturated carbocycles. The molecule has 1 aliphatic rings. The largest absolute Gasteiger partial charge is 0.377 e. The lowest BCUT2D eigenvalue weighted by Gasteiger charge is -2.43. The van der Waals surface area contributed by atoms with E-state index in [1.54, 1.807) is 35.8 Å². The summed E-state index contributed by atoms with van der Waals surface area (Å²) in [6.07, 6.45) is 8.69. The maximum atomic E-state index is 12.2. The number of likely N-dealkylation sites (tertiary alicyclic amines) is 1. The van der Waals surface area contributed by atoms with Gasteiger partial charge in [-0.15, -0.1) is 0 Å². The fraction of sp³-hybridized carbons (Fsp3) is 0.333. The summed E-state index contributed by atoms with van der Waals surface area (Å²) in [4.78, 5) is 36.6. The van der Waals surface area contributed by atoms with Crippen LogP contribution in [-0.2, 0) is 4.79 Å². The standard InChI is InChI=1S/C18H21N5O2/c1-3-14(13-10-23(11-13)17(24)4-2)22-15-7-12(8-21-18(15)25)16-9-19-5-6-20-16/h4-9,13-14,22H,2-3,10-11H2,1H3,(H,21,25). The number of carbonyl (C=O) groups is 1. The number of nitrogens with one attached hydrogen (secondary N) is 2. The lowest BCUT2D eigenvalue weighted by atomic mass is 9.89. The average Bonchev–Trinajstić information content (AvgIpc) is 2.61. The molecule has 1 fully saturated rings. The first-order chi connectivity index (χ1) is 12.1. The van der Waals surface area contributed by atoms with E-state index in [9.17, 15) is 9.59 Å². The van der Waals surface area contributed by atoms with E-state index >= 15 is 0 Å². The van der Waals surface area contributed by atoms with Crippen LogP contribution in [0, 0.1) is 5.92 Å². The molecular formula is C18H21N5O2. The molecule has 0 aromatic carbocycles. The zero-order valence-electron chi connectivity index (χ0n) is 14.1. The van der Waals surface area contributed by atoms with Crippen LogP contribution in [0.15, 0.2) is 48.3 Å². The van der Waals surface area contributed by atoms with Gasteiger partial charge in [0.25, 0.3) is 5.56 Å². The van der Waals surface area contributed by atoms with Crippen LogP contribution in [0.5, 0.6) is 0 Å². The van der Waals surface area contributed by atoms with Crippen molar-refractivity contribution in [3.05, 3.63) is 53.9 Å². The van der Waals surface area contributed by atoms with Gasteiger partial charge in [-0.2, -0.15) is 0 Å². The monoisotopic (exact) mass is 339 g/mol. The van der Waals surface area contributed by atoms with Crippen LogP contribution in [0.3, 0.4) is 0 Å². The van der Waals surface area contributed by atoms with E-state index < -0.39 is 0 Å². The first kappa shape index (κ1) is 16.9.